The molecule has 8 rings (SSSR count). The van der Waals surface area contributed by atoms with Gasteiger partial charge in [-0.15, -0.1) is 0 Å². The predicted molar refractivity (Wildman–Crippen MR) is 262 cm³/mol. The van der Waals surface area contributed by atoms with E-state index in [1.165, 1.54) is 6.42 Å². The molecule has 15 nitrogen and oxygen atoms in total. The number of aliphatic hydroxyl groups is 5. The molecule has 0 aromatic rings. The Morgan fingerprint density at radius 2 is 0.957 bits per heavy atom. The first kappa shape index (κ1) is 55.3. The molecule has 8 fully saturated rings. The van der Waals surface area contributed by atoms with E-state index in [0.29, 0.717) is 60.7 Å². The van der Waals surface area contributed by atoms with Crippen LogP contribution in [0.1, 0.15) is 164 Å². The van der Waals surface area contributed by atoms with E-state index in [-0.39, 0.29) is 101 Å². The summed E-state index contributed by atoms with van der Waals surface area (Å²) in [7, 11) is -8.16. The zero-order valence-electron chi connectivity index (χ0n) is 42.5. The number of nitrogens with one attached hydrogen (secondary N) is 2. The highest BCUT2D eigenvalue weighted by atomic mass is 32.2. The maximum Gasteiger partial charge on any atom is 0.266 e. The molecule has 0 heterocycles. The van der Waals surface area contributed by atoms with Crippen LogP contribution >= 0.6 is 0 Å². The van der Waals surface area contributed by atoms with Gasteiger partial charge in [-0.05, 0) is 202 Å². The first-order chi connectivity index (χ1) is 32.1. The van der Waals surface area contributed by atoms with Crippen molar-refractivity contribution in [2.75, 3.05) is 24.6 Å². The number of fused-ring (bicyclic) bond motifs is 10. The molecule has 0 spiro atoms. The van der Waals surface area contributed by atoms with Crippen LogP contribution in [0.15, 0.2) is 0 Å². The smallest absolute Gasteiger partial charge is 0.266 e. The quantitative estimate of drug-likeness (QED) is 0.0938. The molecule has 0 aliphatic heterocycles. The number of hydrogen-bond donors (Lipinski definition) is 9. The predicted octanol–water partition coefficient (Wildman–Crippen LogP) is 5.77. The second-order valence-electron chi connectivity index (χ2n) is 25.3. The second kappa shape index (κ2) is 21.1. The van der Waals surface area contributed by atoms with E-state index in [2.05, 4.69) is 52.2 Å². The van der Waals surface area contributed by atoms with Gasteiger partial charge in [0.25, 0.3) is 20.2 Å². The van der Waals surface area contributed by atoms with Crippen LogP contribution in [0, 0.1) is 92.7 Å². The van der Waals surface area contributed by atoms with Crippen LogP contribution < -0.4 is 10.6 Å². The summed E-state index contributed by atoms with van der Waals surface area (Å²) >= 11 is 0. The number of carbonyl (C=O) groups excluding carboxylic acids is 2. The molecule has 0 aromatic heterocycles. The van der Waals surface area contributed by atoms with Crippen molar-refractivity contribution in [2.24, 2.45) is 92.7 Å². The summed E-state index contributed by atoms with van der Waals surface area (Å²) in [5, 5.41) is 60.0. The number of aliphatic hydroxyl groups excluding tert-OH is 5. The SMILES string of the molecule is C[C@H](CCC(=O)NCCS(=O)(=O)O)[C@H]1CCC2C3C(C[C@H](O)[C@@]21C)[C@@]1(C)CC[C@@H](O)CC1C[C@H]3O.C[C@H](CCC(=O)NCCS(=O)(=O)O)[C@H]1CC[C@H]2[C@@H]3[C@@H](O)CC4C[C@H](O)CC[C@]4(C)[C@H]3CC[C@]12C. The molecule has 69 heavy (non-hydrogen) atoms. The highest BCUT2D eigenvalue weighted by molar-refractivity contribution is 7.86. The lowest BCUT2D eigenvalue weighted by Gasteiger charge is -2.63. The highest BCUT2D eigenvalue weighted by Gasteiger charge is 2.66. The van der Waals surface area contributed by atoms with Gasteiger partial charge in [-0.3, -0.25) is 18.7 Å². The maximum atomic E-state index is 12.2. The summed E-state index contributed by atoms with van der Waals surface area (Å²) in [6, 6.07) is 0. The lowest BCUT2D eigenvalue weighted by Crippen LogP contribution is -2.62. The van der Waals surface area contributed by atoms with Gasteiger partial charge in [0, 0.05) is 25.9 Å². The lowest BCUT2D eigenvalue weighted by molar-refractivity contribution is -0.207. The highest BCUT2D eigenvalue weighted by Crippen LogP contribution is 2.70. The topological polar surface area (TPSA) is 268 Å². The zero-order chi connectivity index (χ0) is 50.6. The standard InChI is InChI=1S/C26H45NO7S.C26H45NO6S/c1-15(4-7-23(31)27-10-11-35(32,33)34)18-5-6-19-24-20(14-22(30)26(18,19)3)25(2)9-8-17(28)12-16(25)13-21(24)29;1-16(4-7-23(30)27-12-13-34(31,32)33)19-5-6-20-24-21(9-11-26(19,20)3)25(2)10-8-18(28)14-17(25)15-22(24)29/h15-22,24,28-30H,4-14H2,1-3H3,(H,27,31)(H,32,33,34);16-22,24,28-29H,4-15H2,1-3H3,(H,27,30)(H,31,32,33)/t15-,16?,17-,18-,19?,20?,21-,22+,24?,25+,26-;16-,17?,18-,19-,20+,21+,22+,24+,25+,26-/m11/s1. The number of rotatable bonds is 14. The molecule has 2 amide bonds. The van der Waals surface area contributed by atoms with E-state index in [1.807, 2.05) is 0 Å². The van der Waals surface area contributed by atoms with Gasteiger partial charge in [0.15, 0.2) is 0 Å². The summed E-state index contributed by atoms with van der Waals surface area (Å²) in [6.45, 7) is 13.6. The molecule has 9 N–H and O–H groups in total. The summed E-state index contributed by atoms with van der Waals surface area (Å²) in [5.41, 5.74) is 0.157. The normalized spacial score (nSPS) is 45.7. The molecular weight excluding hydrogens is 925 g/mol. The van der Waals surface area contributed by atoms with Crippen LogP contribution in [0.3, 0.4) is 0 Å². The molecule has 17 heteroatoms. The average Bonchev–Trinajstić information content (AvgIpc) is 3.80. The van der Waals surface area contributed by atoms with E-state index < -0.39 is 43.9 Å². The number of amides is 2. The van der Waals surface area contributed by atoms with Crippen molar-refractivity contribution >= 4 is 32.1 Å². The maximum absolute atomic E-state index is 12.2. The fourth-order valence-electron chi connectivity index (χ4n) is 18.2. The van der Waals surface area contributed by atoms with Crippen LogP contribution in [0.2, 0.25) is 0 Å². The van der Waals surface area contributed by atoms with E-state index in [0.717, 1.165) is 89.9 Å². The molecule has 21 atom stereocenters. The lowest BCUT2D eigenvalue weighted by atomic mass is 9.43. The van der Waals surface area contributed by atoms with Crippen molar-refractivity contribution in [3.05, 3.63) is 0 Å². The van der Waals surface area contributed by atoms with Crippen molar-refractivity contribution in [2.45, 2.75) is 194 Å². The largest absolute Gasteiger partial charge is 0.393 e. The van der Waals surface area contributed by atoms with Gasteiger partial charge in [-0.1, -0.05) is 41.5 Å². The Morgan fingerprint density at radius 3 is 1.46 bits per heavy atom. The van der Waals surface area contributed by atoms with Crippen molar-refractivity contribution in [1.82, 2.24) is 10.6 Å². The van der Waals surface area contributed by atoms with Crippen LogP contribution in [0.4, 0.5) is 0 Å². The Kier molecular flexibility index (Phi) is 16.9. The van der Waals surface area contributed by atoms with Crippen LogP contribution in [-0.4, -0.2) is 118 Å². The monoisotopic (exact) mass is 1010 g/mol. The van der Waals surface area contributed by atoms with E-state index >= 15 is 0 Å². The van der Waals surface area contributed by atoms with E-state index in [1.54, 1.807) is 0 Å². The third kappa shape index (κ3) is 11.3. The van der Waals surface area contributed by atoms with Gasteiger partial charge in [-0.2, -0.15) is 16.8 Å². The number of hydrogen-bond acceptors (Lipinski definition) is 11. The first-order valence-corrected chi connectivity index (χ1v) is 30.2. The second-order valence-corrected chi connectivity index (χ2v) is 28.4. The summed E-state index contributed by atoms with van der Waals surface area (Å²) in [4.78, 5) is 24.4. The summed E-state index contributed by atoms with van der Waals surface area (Å²) in [6.07, 6.45) is 14.5. The van der Waals surface area contributed by atoms with Crippen LogP contribution in [0.5, 0.6) is 0 Å². The van der Waals surface area contributed by atoms with Crippen molar-refractivity contribution in [3.8, 4) is 0 Å². The van der Waals surface area contributed by atoms with Gasteiger partial charge in [0.05, 0.1) is 42.0 Å². The Morgan fingerprint density at radius 1 is 0.536 bits per heavy atom. The third-order valence-electron chi connectivity index (χ3n) is 22.0. The van der Waals surface area contributed by atoms with Crippen LogP contribution in [-0.2, 0) is 29.8 Å². The Labute approximate surface area is 413 Å². The number of carbonyl (C=O) groups is 2. The molecule has 8 aliphatic carbocycles. The molecule has 8 aliphatic rings. The molecule has 0 aromatic carbocycles. The Balaban J connectivity index is 0.000000204. The minimum atomic E-state index is -4.10. The van der Waals surface area contributed by atoms with E-state index in [9.17, 15) is 52.0 Å². The average molecular weight is 1020 g/mol. The molecular formula is C52H90N2O13S2. The van der Waals surface area contributed by atoms with Gasteiger partial charge in [0.1, 0.15) is 0 Å². The molecule has 398 valence electrons. The van der Waals surface area contributed by atoms with Crippen molar-refractivity contribution < 1.29 is 61.1 Å². The Bertz CT molecular complexity index is 2040. The molecule has 8 saturated carbocycles. The third-order valence-corrected chi connectivity index (χ3v) is 23.4. The van der Waals surface area contributed by atoms with Crippen molar-refractivity contribution in [1.29, 1.82) is 0 Å². The molecule has 0 radical (unpaired) electrons. The minimum Gasteiger partial charge on any atom is -0.393 e. The summed E-state index contributed by atoms with van der Waals surface area (Å²) in [5.74, 6) is 2.81. The van der Waals surface area contributed by atoms with Gasteiger partial charge in [0.2, 0.25) is 11.8 Å². The zero-order valence-corrected chi connectivity index (χ0v) is 44.1. The fourth-order valence-corrected chi connectivity index (χ4v) is 19.0. The molecule has 5 unspecified atom stereocenters. The van der Waals surface area contributed by atoms with E-state index in [4.69, 9.17) is 9.11 Å². The Hall–Kier alpha value is -1.44. The minimum absolute atomic E-state index is 0.0509. The first-order valence-electron chi connectivity index (χ1n) is 27.0. The van der Waals surface area contributed by atoms with Crippen LogP contribution in [0.25, 0.3) is 0 Å². The fraction of sp³-hybridized carbons (Fsp3) is 0.962. The van der Waals surface area contributed by atoms with Gasteiger partial charge >= 0.3 is 0 Å². The van der Waals surface area contributed by atoms with Gasteiger partial charge in [-0.25, -0.2) is 0 Å². The molecule has 0 saturated heterocycles. The van der Waals surface area contributed by atoms with Gasteiger partial charge < -0.3 is 36.2 Å². The molecule has 0 bridgehead atoms. The van der Waals surface area contributed by atoms with Crippen molar-refractivity contribution in [3.63, 3.8) is 0 Å². The summed E-state index contributed by atoms with van der Waals surface area (Å²) < 4.78 is 61.0.